The topological polar surface area (TPSA) is 9.23 Å². The van der Waals surface area contributed by atoms with Crippen LogP contribution < -0.4 is 4.74 Å². The summed E-state index contributed by atoms with van der Waals surface area (Å²) in [6.45, 7) is 3.00. The lowest BCUT2D eigenvalue weighted by Gasteiger charge is -2.07. The summed E-state index contributed by atoms with van der Waals surface area (Å²) in [5, 5.41) is 6.86. The van der Waals surface area contributed by atoms with Gasteiger partial charge < -0.3 is 4.74 Å². The fourth-order valence-electron chi connectivity index (χ4n) is 4.02. The molecule has 0 aliphatic carbocycles. The molecule has 0 amide bonds. The van der Waals surface area contributed by atoms with E-state index >= 15 is 0 Å². The van der Waals surface area contributed by atoms with Gasteiger partial charge in [0.15, 0.2) is 0 Å². The summed E-state index contributed by atoms with van der Waals surface area (Å²) in [6, 6.07) is 20.1. The van der Waals surface area contributed by atoms with Gasteiger partial charge in [0.1, 0.15) is 11.6 Å². The molecule has 1 aromatic heterocycles. The van der Waals surface area contributed by atoms with Crippen molar-refractivity contribution >= 4 is 53.1 Å². The van der Waals surface area contributed by atoms with Crippen molar-refractivity contribution in [3.8, 4) is 5.75 Å². The smallest absolute Gasteiger partial charge is 0.123 e. The molecule has 0 radical (unpaired) electrons. The van der Waals surface area contributed by atoms with Crippen molar-refractivity contribution in [2.24, 2.45) is 0 Å². The van der Waals surface area contributed by atoms with Crippen LogP contribution in [0.2, 0.25) is 0 Å². The summed E-state index contributed by atoms with van der Waals surface area (Å²) in [4.78, 5) is 0. The van der Waals surface area contributed by atoms with E-state index in [1.807, 2.05) is 6.07 Å². The molecule has 1 nitrogen and oxygen atoms in total. The van der Waals surface area contributed by atoms with Crippen LogP contribution in [0, 0.1) is 5.82 Å². The molecule has 0 aliphatic rings. The van der Waals surface area contributed by atoms with Gasteiger partial charge in [-0.1, -0.05) is 38.3 Å². The van der Waals surface area contributed by atoms with Crippen molar-refractivity contribution in [2.75, 3.05) is 6.61 Å². The third-order valence-corrected chi connectivity index (χ3v) is 6.70. The van der Waals surface area contributed by atoms with Crippen LogP contribution in [0.25, 0.3) is 41.7 Å². The Morgan fingerprint density at radius 1 is 0.724 bits per heavy atom. The highest BCUT2D eigenvalue weighted by molar-refractivity contribution is 7.26. The number of unbranched alkanes of at least 4 members (excludes halogenated alkanes) is 3. The summed E-state index contributed by atoms with van der Waals surface area (Å²) >= 11 is 1.79. The Morgan fingerprint density at radius 2 is 1.41 bits per heavy atom. The molecule has 0 spiro atoms. The number of rotatable bonds is 6. The van der Waals surface area contributed by atoms with E-state index in [4.69, 9.17) is 4.74 Å². The lowest BCUT2D eigenvalue weighted by molar-refractivity contribution is 0.305. The average Bonchev–Trinajstić information content (AvgIpc) is 3.06. The van der Waals surface area contributed by atoms with Gasteiger partial charge in [-0.25, -0.2) is 4.39 Å². The van der Waals surface area contributed by atoms with Crippen molar-refractivity contribution in [3.05, 3.63) is 66.5 Å². The Bertz CT molecular complexity index is 1330. The second kappa shape index (κ2) is 7.64. The molecular formula is C26H23FOS. The summed E-state index contributed by atoms with van der Waals surface area (Å²) in [5.74, 6) is 0.750. The molecule has 0 saturated heterocycles. The molecule has 5 aromatic rings. The molecule has 1 heterocycles. The SMILES string of the molecule is CCCCCCOc1ccc2cc3c(cc2c1)sc1cc2ccc(F)cc2cc13. The number of halogens is 1. The Labute approximate surface area is 173 Å². The molecule has 4 aromatic carbocycles. The predicted octanol–water partition coefficient (Wildman–Crippen LogP) is 8.46. The minimum atomic E-state index is -0.191. The van der Waals surface area contributed by atoms with Crippen LogP contribution in [0.5, 0.6) is 5.75 Å². The molecule has 29 heavy (non-hydrogen) atoms. The van der Waals surface area contributed by atoms with Gasteiger partial charge in [-0.2, -0.15) is 0 Å². The Morgan fingerprint density at radius 3 is 2.24 bits per heavy atom. The zero-order valence-electron chi connectivity index (χ0n) is 16.5. The molecule has 0 N–H and O–H groups in total. The normalized spacial score (nSPS) is 11.8. The monoisotopic (exact) mass is 402 g/mol. The van der Waals surface area contributed by atoms with Gasteiger partial charge >= 0.3 is 0 Å². The molecule has 5 rings (SSSR count). The summed E-state index contributed by atoms with van der Waals surface area (Å²) < 4.78 is 22.1. The van der Waals surface area contributed by atoms with Gasteiger partial charge in [-0.3, -0.25) is 0 Å². The minimum absolute atomic E-state index is 0.191. The fourth-order valence-corrected chi connectivity index (χ4v) is 5.19. The quantitative estimate of drug-likeness (QED) is 0.259. The van der Waals surface area contributed by atoms with Crippen LogP contribution >= 0.6 is 11.3 Å². The molecule has 3 heteroatoms. The van der Waals surface area contributed by atoms with E-state index in [-0.39, 0.29) is 5.82 Å². The van der Waals surface area contributed by atoms with E-state index in [0.717, 1.165) is 29.5 Å². The summed E-state index contributed by atoms with van der Waals surface area (Å²) in [7, 11) is 0. The van der Waals surface area contributed by atoms with Crippen molar-refractivity contribution in [1.29, 1.82) is 0 Å². The van der Waals surface area contributed by atoms with E-state index < -0.39 is 0 Å². The van der Waals surface area contributed by atoms with Crippen LogP contribution in [0.15, 0.2) is 60.7 Å². The van der Waals surface area contributed by atoms with Crippen LogP contribution in [0.1, 0.15) is 32.6 Å². The van der Waals surface area contributed by atoms with E-state index in [2.05, 4.69) is 49.4 Å². The number of hydrogen-bond donors (Lipinski definition) is 0. The lowest BCUT2D eigenvalue weighted by Crippen LogP contribution is -1.96. The first-order valence-electron chi connectivity index (χ1n) is 10.3. The third kappa shape index (κ3) is 3.56. The first-order chi connectivity index (χ1) is 14.2. The van der Waals surface area contributed by atoms with Gasteiger partial charge in [0.05, 0.1) is 6.61 Å². The maximum Gasteiger partial charge on any atom is 0.123 e. The molecule has 0 aliphatic heterocycles. The third-order valence-electron chi connectivity index (χ3n) is 5.59. The number of hydrogen-bond acceptors (Lipinski definition) is 2. The maximum absolute atomic E-state index is 13.7. The maximum atomic E-state index is 13.7. The second-order valence-electron chi connectivity index (χ2n) is 7.71. The Balaban J connectivity index is 1.54. The highest BCUT2D eigenvalue weighted by atomic mass is 32.1. The van der Waals surface area contributed by atoms with E-state index in [1.54, 1.807) is 17.4 Å². The van der Waals surface area contributed by atoms with Crippen molar-refractivity contribution in [2.45, 2.75) is 32.6 Å². The van der Waals surface area contributed by atoms with Crippen molar-refractivity contribution in [1.82, 2.24) is 0 Å². The average molecular weight is 403 g/mol. The minimum Gasteiger partial charge on any atom is -0.494 e. The molecule has 0 atom stereocenters. The van der Waals surface area contributed by atoms with Crippen LogP contribution in [0.4, 0.5) is 4.39 Å². The standard InChI is InChI=1S/C26H23FOS/c1-2-3-4-5-10-28-22-9-7-17-13-23-24-14-19-11-21(27)8-6-18(19)15-25(24)29-26(23)16-20(17)12-22/h6-9,11-16H,2-5,10H2,1H3. The van der Waals surface area contributed by atoms with Gasteiger partial charge in [0, 0.05) is 20.2 Å². The molecule has 0 saturated carbocycles. The van der Waals surface area contributed by atoms with Gasteiger partial charge in [0.25, 0.3) is 0 Å². The Hall–Kier alpha value is -2.65. The summed E-state index contributed by atoms with van der Waals surface area (Å²) in [5.41, 5.74) is 0. The van der Waals surface area contributed by atoms with Crippen LogP contribution in [0.3, 0.4) is 0 Å². The van der Waals surface area contributed by atoms with E-state index in [1.165, 1.54) is 56.3 Å². The number of ether oxygens (including phenoxy) is 1. The lowest BCUT2D eigenvalue weighted by atomic mass is 10.0. The fraction of sp³-hybridized carbons (Fsp3) is 0.231. The number of benzene rings is 4. The Kier molecular flexibility index (Phi) is 4.84. The van der Waals surface area contributed by atoms with Crippen LogP contribution in [-0.4, -0.2) is 6.61 Å². The highest BCUT2D eigenvalue weighted by Gasteiger charge is 2.09. The van der Waals surface area contributed by atoms with Crippen LogP contribution in [-0.2, 0) is 0 Å². The van der Waals surface area contributed by atoms with Gasteiger partial charge in [-0.05, 0) is 76.5 Å². The van der Waals surface area contributed by atoms with Crippen molar-refractivity contribution < 1.29 is 9.13 Å². The van der Waals surface area contributed by atoms with Crippen molar-refractivity contribution in [3.63, 3.8) is 0 Å². The predicted molar refractivity (Wildman–Crippen MR) is 124 cm³/mol. The molecule has 0 bridgehead atoms. The van der Waals surface area contributed by atoms with Gasteiger partial charge in [-0.15, -0.1) is 11.3 Å². The van der Waals surface area contributed by atoms with E-state index in [9.17, 15) is 4.39 Å². The number of thiophene rings is 1. The molecule has 0 fully saturated rings. The summed E-state index contributed by atoms with van der Waals surface area (Å²) in [6.07, 6.45) is 4.85. The largest absolute Gasteiger partial charge is 0.494 e. The first kappa shape index (κ1) is 18.4. The first-order valence-corrected chi connectivity index (χ1v) is 11.1. The highest BCUT2D eigenvalue weighted by Crippen LogP contribution is 2.39. The van der Waals surface area contributed by atoms with Gasteiger partial charge in [0.2, 0.25) is 0 Å². The molecule has 146 valence electrons. The van der Waals surface area contributed by atoms with E-state index in [0.29, 0.717) is 0 Å². The zero-order chi connectivity index (χ0) is 19.8. The second-order valence-corrected chi connectivity index (χ2v) is 8.79. The molecule has 0 unspecified atom stereocenters. The molecular weight excluding hydrogens is 379 g/mol. The number of fused-ring (bicyclic) bond motifs is 5. The zero-order valence-corrected chi connectivity index (χ0v) is 17.3.